The molecule has 0 spiro atoms. The SMILES string of the molecule is C[Si](C)(C)C#CC1c2ccccc2C(C#C[Si](C)(C)C)c2cc3sccc3cc21. The Balaban J connectivity index is 2.00. The molecule has 2 atom stereocenters. The standard InChI is InChI=1S/C26H28SSi2/c1-28(2,3)15-12-22-20-9-7-8-10-21(20)23(13-16-29(4,5)6)25-18-26-19(11-14-27-26)17-24(22)25/h7-11,14,17-18,22-23H,1-6H3. The van der Waals surface area contributed by atoms with Gasteiger partial charge in [0.1, 0.15) is 16.1 Å². The number of benzene rings is 2. The minimum Gasteiger partial charge on any atom is -0.144 e. The summed E-state index contributed by atoms with van der Waals surface area (Å²) in [5.41, 5.74) is 12.7. The Bertz CT molecular complexity index is 1100. The highest BCUT2D eigenvalue weighted by Crippen LogP contribution is 2.45. The molecule has 1 heterocycles. The van der Waals surface area contributed by atoms with Gasteiger partial charge < -0.3 is 0 Å². The Kier molecular flexibility index (Phi) is 5.12. The maximum atomic E-state index is 3.70. The van der Waals surface area contributed by atoms with E-state index in [1.165, 1.54) is 32.3 Å². The van der Waals surface area contributed by atoms with Crippen LogP contribution in [-0.4, -0.2) is 16.1 Å². The molecule has 1 aliphatic rings. The zero-order chi connectivity index (χ0) is 20.8. The molecule has 0 saturated carbocycles. The van der Waals surface area contributed by atoms with E-state index in [2.05, 4.69) is 110 Å². The molecular weight excluding hydrogens is 401 g/mol. The molecule has 0 aliphatic heterocycles. The van der Waals surface area contributed by atoms with Gasteiger partial charge in [0.05, 0.1) is 11.8 Å². The highest BCUT2D eigenvalue weighted by molar-refractivity contribution is 7.17. The third-order valence-corrected chi connectivity index (χ3v) is 7.75. The second-order valence-corrected chi connectivity index (χ2v) is 20.4. The van der Waals surface area contributed by atoms with E-state index < -0.39 is 16.1 Å². The van der Waals surface area contributed by atoms with Crippen molar-refractivity contribution in [3.63, 3.8) is 0 Å². The van der Waals surface area contributed by atoms with Crippen LogP contribution in [0.3, 0.4) is 0 Å². The largest absolute Gasteiger partial charge is 0.144 e. The van der Waals surface area contributed by atoms with Crippen LogP contribution in [0.2, 0.25) is 39.3 Å². The second kappa shape index (κ2) is 7.33. The summed E-state index contributed by atoms with van der Waals surface area (Å²) >= 11 is 1.82. The van der Waals surface area contributed by atoms with Gasteiger partial charge in [0.2, 0.25) is 0 Å². The minimum absolute atomic E-state index is 0.141. The Morgan fingerprint density at radius 2 is 1.21 bits per heavy atom. The lowest BCUT2D eigenvalue weighted by atomic mass is 9.73. The average Bonchev–Trinajstić information content (AvgIpc) is 3.08. The van der Waals surface area contributed by atoms with Crippen molar-refractivity contribution in [1.82, 2.24) is 0 Å². The molecule has 2 aromatic carbocycles. The summed E-state index contributed by atoms with van der Waals surface area (Å²) in [6.07, 6.45) is 0. The Morgan fingerprint density at radius 3 is 1.72 bits per heavy atom. The molecule has 29 heavy (non-hydrogen) atoms. The fourth-order valence-corrected chi connectivity index (χ4v) is 5.78. The van der Waals surface area contributed by atoms with Crippen LogP contribution in [0.4, 0.5) is 0 Å². The third kappa shape index (κ3) is 4.28. The van der Waals surface area contributed by atoms with E-state index in [0.717, 1.165) is 0 Å². The Hall–Kier alpha value is -2.05. The lowest BCUT2D eigenvalue weighted by Gasteiger charge is -2.30. The minimum atomic E-state index is -1.46. The quantitative estimate of drug-likeness (QED) is 0.261. The maximum absolute atomic E-state index is 3.70. The number of fused-ring (bicyclic) bond motifs is 3. The van der Waals surface area contributed by atoms with E-state index in [4.69, 9.17) is 0 Å². The molecule has 3 aromatic rings. The van der Waals surface area contributed by atoms with E-state index in [1.807, 2.05) is 11.3 Å². The van der Waals surface area contributed by atoms with Gasteiger partial charge in [-0.15, -0.1) is 22.4 Å². The van der Waals surface area contributed by atoms with Gasteiger partial charge in [0, 0.05) is 4.70 Å². The van der Waals surface area contributed by atoms with Crippen molar-refractivity contribution in [2.45, 2.75) is 51.1 Å². The Morgan fingerprint density at radius 1 is 0.690 bits per heavy atom. The third-order valence-electron chi connectivity index (χ3n) is 5.08. The van der Waals surface area contributed by atoms with Crippen molar-refractivity contribution in [3.8, 4) is 22.9 Å². The molecule has 0 radical (unpaired) electrons. The molecular formula is C26H28SSi2. The summed E-state index contributed by atoms with van der Waals surface area (Å²) in [7, 11) is -2.93. The summed E-state index contributed by atoms with van der Waals surface area (Å²) in [4.78, 5) is 0. The van der Waals surface area contributed by atoms with Crippen LogP contribution in [0.5, 0.6) is 0 Å². The van der Waals surface area contributed by atoms with Crippen molar-refractivity contribution in [2.24, 2.45) is 0 Å². The van der Waals surface area contributed by atoms with Gasteiger partial charge in [0.15, 0.2) is 0 Å². The van der Waals surface area contributed by atoms with Crippen LogP contribution in [0.1, 0.15) is 34.1 Å². The highest BCUT2D eigenvalue weighted by Gasteiger charge is 2.31. The van der Waals surface area contributed by atoms with Crippen LogP contribution in [0.25, 0.3) is 10.1 Å². The zero-order valence-corrected chi connectivity index (χ0v) is 21.0. The smallest absolute Gasteiger partial charge is 0.129 e. The number of hydrogen-bond donors (Lipinski definition) is 0. The molecule has 0 saturated heterocycles. The summed E-state index contributed by atoms with van der Waals surface area (Å²) in [5, 5.41) is 3.51. The van der Waals surface area contributed by atoms with Crippen molar-refractivity contribution in [2.75, 3.05) is 0 Å². The first-order valence-electron chi connectivity index (χ1n) is 10.3. The van der Waals surface area contributed by atoms with E-state index in [-0.39, 0.29) is 11.8 Å². The fourth-order valence-electron chi connectivity index (χ4n) is 3.80. The molecule has 0 amide bonds. The monoisotopic (exact) mass is 428 g/mol. The van der Waals surface area contributed by atoms with Gasteiger partial charge >= 0.3 is 0 Å². The summed E-state index contributed by atoms with van der Waals surface area (Å²) < 4.78 is 1.35. The van der Waals surface area contributed by atoms with Gasteiger partial charge in [0.25, 0.3) is 0 Å². The molecule has 0 bridgehead atoms. The van der Waals surface area contributed by atoms with E-state index >= 15 is 0 Å². The van der Waals surface area contributed by atoms with Gasteiger partial charge in [-0.05, 0) is 51.2 Å². The van der Waals surface area contributed by atoms with Crippen molar-refractivity contribution in [3.05, 3.63) is 70.1 Å². The zero-order valence-electron chi connectivity index (χ0n) is 18.2. The predicted octanol–water partition coefficient (Wildman–Crippen LogP) is 7.24. The van der Waals surface area contributed by atoms with E-state index in [1.54, 1.807) is 0 Å². The normalized spacial score (nSPS) is 18.1. The molecule has 1 aliphatic carbocycles. The molecule has 2 unspecified atom stereocenters. The Labute approximate surface area is 181 Å². The highest BCUT2D eigenvalue weighted by atomic mass is 32.1. The van der Waals surface area contributed by atoms with Gasteiger partial charge in [-0.1, -0.05) is 75.4 Å². The van der Waals surface area contributed by atoms with Crippen molar-refractivity contribution >= 4 is 37.6 Å². The average molecular weight is 429 g/mol. The number of rotatable bonds is 0. The first-order valence-corrected chi connectivity index (χ1v) is 18.2. The van der Waals surface area contributed by atoms with E-state index in [0.29, 0.717) is 0 Å². The van der Waals surface area contributed by atoms with Gasteiger partial charge in [-0.3, -0.25) is 0 Å². The molecule has 4 rings (SSSR count). The maximum Gasteiger partial charge on any atom is 0.129 e. The van der Waals surface area contributed by atoms with Crippen LogP contribution < -0.4 is 0 Å². The molecule has 0 N–H and O–H groups in total. The summed E-state index contributed by atoms with van der Waals surface area (Å²) in [6, 6.07) is 15.8. The van der Waals surface area contributed by atoms with Crippen LogP contribution >= 0.6 is 11.3 Å². The van der Waals surface area contributed by atoms with Gasteiger partial charge in [-0.2, -0.15) is 0 Å². The molecule has 146 valence electrons. The second-order valence-electron chi connectivity index (χ2n) is 9.97. The predicted molar refractivity (Wildman–Crippen MR) is 134 cm³/mol. The molecule has 0 fully saturated rings. The fraction of sp³-hybridized carbons (Fsp3) is 0.308. The number of thiophene rings is 1. The first kappa shape index (κ1) is 20.2. The topological polar surface area (TPSA) is 0 Å². The molecule has 1 aromatic heterocycles. The van der Waals surface area contributed by atoms with Crippen molar-refractivity contribution < 1.29 is 0 Å². The van der Waals surface area contributed by atoms with Crippen LogP contribution in [0, 0.1) is 22.9 Å². The van der Waals surface area contributed by atoms with Gasteiger partial charge in [-0.25, -0.2) is 0 Å². The number of hydrogen-bond acceptors (Lipinski definition) is 1. The van der Waals surface area contributed by atoms with E-state index in [9.17, 15) is 0 Å². The van der Waals surface area contributed by atoms with Crippen molar-refractivity contribution in [1.29, 1.82) is 0 Å². The molecule has 3 heteroatoms. The molecule has 0 nitrogen and oxygen atoms in total. The van der Waals surface area contributed by atoms with Crippen LogP contribution in [0.15, 0.2) is 47.8 Å². The first-order chi connectivity index (χ1) is 13.6. The lowest BCUT2D eigenvalue weighted by Crippen LogP contribution is -2.21. The van der Waals surface area contributed by atoms with Crippen LogP contribution in [-0.2, 0) is 0 Å². The summed E-state index contributed by atoms with van der Waals surface area (Å²) in [6.45, 7) is 13.9. The lowest BCUT2D eigenvalue weighted by molar-refractivity contribution is 0.891. The summed E-state index contributed by atoms with van der Waals surface area (Å²) in [5.74, 6) is 7.68.